The van der Waals surface area contributed by atoms with E-state index in [1.807, 2.05) is 17.5 Å². The van der Waals surface area contributed by atoms with E-state index >= 15 is 0 Å². The quantitative estimate of drug-likeness (QED) is 0.678. The van der Waals surface area contributed by atoms with Crippen molar-refractivity contribution in [3.05, 3.63) is 52.2 Å². The fourth-order valence-corrected chi connectivity index (χ4v) is 5.11. The third kappa shape index (κ3) is 5.88. The zero-order valence-corrected chi connectivity index (χ0v) is 17.5. The smallest absolute Gasteiger partial charge is 0.253 e. The van der Waals surface area contributed by atoms with Crippen molar-refractivity contribution in [1.82, 2.24) is 9.62 Å². The molecule has 1 amide bonds. The van der Waals surface area contributed by atoms with E-state index in [9.17, 15) is 23.1 Å². The number of aliphatic carboxylic acids is 1. The fraction of sp³-hybridized carbons (Fsp3) is 0.400. The predicted octanol–water partition coefficient (Wildman–Crippen LogP) is 1.61. The summed E-state index contributed by atoms with van der Waals surface area (Å²) in [6.07, 6.45) is 2.15. The molecule has 0 unspecified atom stereocenters. The van der Waals surface area contributed by atoms with Gasteiger partial charge in [0.1, 0.15) is 0 Å². The van der Waals surface area contributed by atoms with Crippen LogP contribution in [-0.2, 0) is 21.4 Å². The summed E-state index contributed by atoms with van der Waals surface area (Å²) in [5, 5.41) is 12.5. The van der Waals surface area contributed by atoms with Crippen LogP contribution in [0.5, 0.6) is 0 Å². The molecule has 1 aromatic carbocycles. The van der Waals surface area contributed by atoms with E-state index < -0.39 is 16.0 Å². The Kier molecular flexibility index (Phi) is 7.05. The summed E-state index contributed by atoms with van der Waals surface area (Å²) >= 11 is 1.48. The molecule has 2 aromatic rings. The van der Waals surface area contributed by atoms with Crippen LogP contribution in [0.25, 0.3) is 0 Å². The van der Waals surface area contributed by atoms with E-state index in [-0.39, 0.29) is 23.8 Å². The molecule has 156 valence electrons. The second-order valence-electron chi connectivity index (χ2n) is 7.07. The molecule has 0 atom stereocenters. The van der Waals surface area contributed by atoms with Crippen molar-refractivity contribution < 1.29 is 23.1 Å². The highest BCUT2D eigenvalue weighted by Crippen LogP contribution is 2.23. The van der Waals surface area contributed by atoms with Crippen molar-refractivity contribution in [3.8, 4) is 0 Å². The Balaban J connectivity index is 1.55. The molecule has 0 radical (unpaired) electrons. The number of carbonyl (C=O) groups is 2. The van der Waals surface area contributed by atoms with E-state index in [0.717, 1.165) is 17.7 Å². The molecule has 29 heavy (non-hydrogen) atoms. The SMILES string of the molecule is O=C([O-])CCC1CCN(C(=O)c2ccc(S(=O)(=O)NCc3cccs3)cc2)CC1. The van der Waals surface area contributed by atoms with Crippen LogP contribution < -0.4 is 9.83 Å². The van der Waals surface area contributed by atoms with Crippen molar-refractivity contribution in [2.75, 3.05) is 13.1 Å². The summed E-state index contributed by atoms with van der Waals surface area (Å²) in [6.45, 7) is 1.37. The maximum atomic E-state index is 12.7. The highest BCUT2D eigenvalue weighted by molar-refractivity contribution is 7.89. The monoisotopic (exact) mass is 435 g/mol. The number of nitrogens with zero attached hydrogens (tertiary/aromatic N) is 1. The molecule has 1 saturated heterocycles. The minimum absolute atomic E-state index is 0.0507. The fourth-order valence-electron chi connectivity index (χ4n) is 3.37. The van der Waals surface area contributed by atoms with Gasteiger partial charge in [-0.15, -0.1) is 11.3 Å². The third-order valence-electron chi connectivity index (χ3n) is 5.09. The van der Waals surface area contributed by atoms with Crippen LogP contribution in [0.15, 0.2) is 46.7 Å². The number of carboxylic acid groups (broad SMARTS) is 1. The van der Waals surface area contributed by atoms with Gasteiger partial charge >= 0.3 is 0 Å². The first-order valence-corrected chi connectivity index (χ1v) is 11.8. The van der Waals surface area contributed by atoms with E-state index in [1.54, 1.807) is 4.90 Å². The maximum absolute atomic E-state index is 12.7. The molecule has 7 nitrogen and oxygen atoms in total. The first kappa shape index (κ1) is 21.5. The number of likely N-dealkylation sites (tertiary alicyclic amines) is 1. The predicted molar refractivity (Wildman–Crippen MR) is 108 cm³/mol. The Morgan fingerprint density at radius 1 is 1.14 bits per heavy atom. The molecular weight excluding hydrogens is 412 g/mol. The number of carboxylic acids is 1. The van der Waals surface area contributed by atoms with E-state index in [0.29, 0.717) is 31.0 Å². The average Bonchev–Trinajstić information content (AvgIpc) is 3.24. The number of rotatable bonds is 8. The molecule has 1 aliphatic heterocycles. The first-order valence-electron chi connectivity index (χ1n) is 9.46. The third-order valence-corrected chi connectivity index (χ3v) is 7.38. The molecule has 1 N–H and O–H groups in total. The number of amides is 1. The van der Waals surface area contributed by atoms with Crippen molar-refractivity contribution in [2.24, 2.45) is 5.92 Å². The average molecular weight is 436 g/mol. The molecule has 1 fully saturated rings. The zero-order chi connectivity index (χ0) is 20.9. The van der Waals surface area contributed by atoms with Crippen LogP contribution in [0.2, 0.25) is 0 Å². The highest BCUT2D eigenvalue weighted by Gasteiger charge is 2.24. The molecule has 1 aromatic heterocycles. The Labute approximate surface area is 174 Å². The standard InChI is InChI=1S/C20H24N2O5S2/c23-19(24)8-3-15-9-11-22(12-10-15)20(25)16-4-6-18(7-5-16)29(26,27)21-14-17-2-1-13-28-17/h1-2,4-7,13,15,21H,3,8-12,14H2,(H,23,24)/p-1. The minimum Gasteiger partial charge on any atom is -0.550 e. The maximum Gasteiger partial charge on any atom is 0.253 e. The van der Waals surface area contributed by atoms with Crippen LogP contribution in [0, 0.1) is 5.92 Å². The van der Waals surface area contributed by atoms with Gasteiger partial charge in [-0.3, -0.25) is 4.79 Å². The number of hydrogen-bond donors (Lipinski definition) is 1. The normalized spacial score (nSPS) is 15.4. The number of carbonyl (C=O) groups excluding carboxylic acids is 2. The summed E-state index contributed by atoms with van der Waals surface area (Å²) in [4.78, 5) is 26.0. The highest BCUT2D eigenvalue weighted by atomic mass is 32.2. The number of piperidine rings is 1. The summed E-state index contributed by atoms with van der Waals surface area (Å²) in [6, 6.07) is 9.67. The van der Waals surface area contributed by atoms with Gasteiger partial charge in [0.15, 0.2) is 0 Å². The molecular formula is C20H23N2O5S2-. The van der Waals surface area contributed by atoms with Crippen molar-refractivity contribution >= 4 is 33.2 Å². The number of benzene rings is 1. The van der Waals surface area contributed by atoms with E-state index in [1.165, 1.54) is 35.6 Å². The lowest BCUT2D eigenvalue weighted by molar-refractivity contribution is -0.306. The Bertz CT molecular complexity index is 932. The largest absolute Gasteiger partial charge is 0.550 e. The Morgan fingerprint density at radius 2 is 1.83 bits per heavy atom. The minimum atomic E-state index is -3.65. The van der Waals surface area contributed by atoms with Gasteiger partial charge in [-0.25, -0.2) is 13.1 Å². The summed E-state index contributed by atoms with van der Waals surface area (Å²) in [7, 11) is -3.65. The van der Waals surface area contributed by atoms with Gasteiger partial charge in [0.05, 0.1) is 4.90 Å². The van der Waals surface area contributed by atoms with Crippen LogP contribution in [-0.4, -0.2) is 38.3 Å². The Hall–Kier alpha value is -2.23. The van der Waals surface area contributed by atoms with Crippen LogP contribution in [0.1, 0.15) is 40.9 Å². The van der Waals surface area contributed by atoms with Crippen molar-refractivity contribution in [2.45, 2.75) is 37.1 Å². The second kappa shape index (κ2) is 9.51. The van der Waals surface area contributed by atoms with Gasteiger partial charge in [-0.05, 0) is 67.3 Å². The van der Waals surface area contributed by atoms with Crippen molar-refractivity contribution in [3.63, 3.8) is 0 Å². The zero-order valence-electron chi connectivity index (χ0n) is 15.9. The molecule has 1 aliphatic rings. The first-order chi connectivity index (χ1) is 13.8. The van der Waals surface area contributed by atoms with Gasteiger partial charge in [0, 0.05) is 36.0 Å². The topological polar surface area (TPSA) is 107 Å². The molecule has 0 aliphatic carbocycles. The van der Waals surface area contributed by atoms with Crippen LogP contribution in [0.3, 0.4) is 0 Å². The van der Waals surface area contributed by atoms with Gasteiger partial charge in [0.25, 0.3) is 5.91 Å². The van der Waals surface area contributed by atoms with Gasteiger partial charge < -0.3 is 14.8 Å². The lowest BCUT2D eigenvalue weighted by Crippen LogP contribution is -2.38. The number of hydrogen-bond acceptors (Lipinski definition) is 6. The van der Waals surface area contributed by atoms with Crippen molar-refractivity contribution in [1.29, 1.82) is 0 Å². The molecule has 0 saturated carbocycles. The van der Waals surface area contributed by atoms with E-state index in [2.05, 4.69) is 4.72 Å². The summed E-state index contributed by atoms with van der Waals surface area (Å²) < 4.78 is 27.4. The molecule has 9 heteroatoms. The number of nitrogens with one attached hydrogen (secondary N) is 1. The molecule has 3 rings (SSSR count). The molecule has 0 bridgehead atoms. The Morgan fingerprint density at radius 3 is 2.41 bits per heavy atom. The van der Waals surface area contributed by atoms with Gasteiger partial charge in [-0.2, -0.15) is 0 Å². The lowest BCUT2D eigenvalue weighted by Gasteiger charge is -2.32. The second-order valence-corrected chi connectivity index (χ2v) is 9.87. The van der Waals surface area contributed by atoms with Crippen LogP contribution in [0.4, 0.5) is 0 Å². The lowest BCUT2D eigenvalue weighted by atomic mass is 9.92. The summed E-state index contributed by atoms with van der Waals surface area (Å²) in [5.41, 5.74) is 0.440. The summed E-state index contributed by atoms with van der Waals surface area (Å²) in [5.74, 6) is -0.888. The van der Waals surface area contributed by atoms with Gasteiger partial charge in [0.2, 0.25) is 10.0 Å². The van der Waals surface area contributed by atoms with Gasteiger partial charge in [-0.1, -0.05) is 6.07 Å². The van der Waals surface area contributed by atoms with E-state index in [4.69, 9.17) is 0 Å². The molecule has 0 spiro atoms. The molecule has 2 heterocycles. The number of thiophene rings is 1. The van der Waals surface area contributed by atoms with Crippen LogP contribution >= 0.6 is 11.3 Å². The number of sulfonamides is 1.